The van der Waals surface area contributed by atoms with Crippen molar-refractivity contribution in [2.75, 3.05) is 33.4 Å². The zero-order valence-electron chi connectivity index (χ0n) is 11.5. The van der Waals surface area contributed by atoms with Gasteiger partial charge in [0.2, 0.25) is 10.0 Å². The molecule has 0 amide bonds. The Labute approximate surface area is 128 Å². The van der Waals surface area contributed by atoms with Crippen LogP contribution in [-0.2, 0) is 14.8 Å². The van der Waals surface area contributed by atoms with Crippen LogP contribution in [0.25, 0.3) is 0 Å². The minimum Gasteiger partial charge on any atom is -0.395 e. The van der Waals surface area contributed by atoms with E-state index in [2.05, 4.69) is 12.2 Å². The molecule has 118 valence electrons. The molecule has 9 heteroatoms. The fourth-order valence-corrected chi connectivity index (χ4v) is 3.26. The number of aliphatic hydroxyl groups excluding tert-OH is 1. The number of halogens is 1. The van der Waals surface area contributed by atoms with Gasteiger partial charge in [-0.05, 0) is 18.2 Å². The van der Waals surface area contributed by atoms with E-state index in [1.807, 2.05) is 0 Å². The molecule has 0 saturated heterocycles. The molecule has 0 bridgehead atoms. The number of nitrogens with two attached hydrogens (primary N) is 1. The first-order valence-electron chi connectivity index (χ1n) is 6.04. The first-order chi connectivity index (χ1) is 9.84. The topological polar surface area (TPSA) is 92.9 Å². The van der Waals surface area contributed by atoms with Gasteiger partial charge in [-0.3, -0.25) is 0 Å². The first kappa shape index (κ1) is 17.9. The summed E-state index contributed by atoms with van der Waals surface area (Å²) >= 11 is 4.69. The Kier molecular flexibility index (Phi) is 6.62. The monoisotopic (exact) mass is 336 g/mol. The molecule has 0 unspecified atom stereocenters. The second-order valence-corrected chi connectivity index (χ2v) is 6.50. The van der Waals surface area contributed by atoms with Gasteiger partial charge in [0, 0.05) is 25.8 Å². The standard InChI is InChI=1S/C12H17FN2O4S2/c1-19-7-5-15(4-6-16)21(17,18)9-2-3-11(13)10(8-9)12(14)20/h2-3,8,16H,4-7H2,1H3,(H2,14,20). The Morgan fingerprint density at radius 2 is 2.14 bits per heavy atom. The van der Waals surface area contributed by atoms with E-state index in [0.29, 0.717) is 0 Å². The van der Waals surface area contributed by atoms with Crippen LogP contribution in [0.5, 0.6) is 0 Å². The van der Waals surface area contributed by atoms with Crippen LogP contribution in [0.3, 0.4) is 0 Å². The third-order valence-corrected chi connectivity index (χ3v) is 4.85. The molecular weight excluding hydrogens is 319 g/mol. The predicted octanol–water partition coefficient (Wildman–Crippen LogP) is 0.0893. The molecule has 0 atom stereocenters. The molecule has 0 aromatic heterocycles. The highest BCUT2D eigenvalue weighted by Crippen LogP contribution is 2.19. The van der Waals surface area contributed by atoms with Crippen molar-refractivity contribution in [3.63, 3.8) is 0 Å². The summed E-state index contributed by atoms with van der Waals surface area (Å²) in [5.41, 5.74) is 5.23. The third kappa shape index (κ3) is 4.42. The number of nitrogens with zero attached hydrogens (tertiary/aromatic N) is 1. The minimum atomic E-state index is -3.90. The molecular formula is C12H17FN2O4S2. The van der Waals surface area contributed by atoms with Crippen LogP contribution in [0.4, 0.5) is 4.39 Å². The summed E-state index contributed by atoms with van der Waals surface area (Å²) in [4.78, 5) is -0.369. The lowest BCUT2D eigenvalue weighted by Crippen LogP contribution is -2.36. The lowest BCUT2D eigenvalue weighted by Gasteiger charge is -2.21. The molecule has 1 aromatic rings. The highest BCUT2D eigenvalue weighted by atomic mass is 32.2. The summed E-state index contributed by atoms with van der Waals surface area (Å²) in [6, 6.07) is 3.21. The van der Waals surface area contributed by atoms with E-state index in [9.17, 15) is 12.8 Å². The number of benzene rings is 1. The van der Waals surface area contributed by atoms with E-state index in [1.54, 1.807) is 0 Å². The van der Waals surface area contributed by atoms with Crippen LogP contribution in [-0.4, -0.2) is 56.2 Å². The second kappa shape index (κ2) is 7.76. The molecule has 0 aliphatic carbocycles. The first-order valence-corrected chi connectivity index (χ1v) is 7.88. The summed E-state index contributed by atoms with van der Waals surface area (Å²) in [7, 11) is -2.46. The molecule has 0 aliphatic rings. The van der Waals surface area contributed by atoms with Gasteiger partial charge in [-0.25, -0.2) is 12.8 Å². The van der Waals surface area contributed by atoms with Crippen LogP contribution in [0.1, 0.15) is 5.56 Å². The summed E-state index contributed by atoms with van der Waals surface area (Å²) in [5.74, 6) is -0.688. The fraction of sp³-hybridized carbons (Fsp3) is 0.417. The Morgan fingerprint density at radius 1 is 1.48 bits per heavy atom. The largest absolute Gasteiger partial charge is 0.395 e. The third-order valence-electron chi connectivity index (χ3n) is 2.74. The normalized spacial score (nSPS) is 11.8. The highest BCUT2D eigenvalue weighted by Gasteiger charge is 2.25. The maximum absolute atomic E-state index is 13.5. The van der Waals surface area contributed by atoms with Crippen molar-refractivity contribution < 1.29 is 22.7 Å². The summed E-state index contributed by atoms with van der Waals surface area (Å²) in [6.45, 7) is -0.195. The lowest BCUT2D eigenvalue weighted by molar-refractivity contribution is 0.168. The van der Waals surface area contributed by atoms with Gasteiger partial charge < -0.3 is 15.6 Å². The van der Waals surface area contributed by atoms with Gasteiger partial charge in [-0.15, -0.1) is 0 Å². The van der Waals surface area contributed by atoms with Gasteiger partial charge in [-0.1, -0.05) is 12.2 Å². The molecule has 6 nitrogen and oxygen atoms in total. The molecule has 0 heterocycles. The Hall–Kier alpha value is -1.13. The van der Waals surface area contributed by atoms with E-state index in [-0.39, 0.29) is 41.8 Å². The maximum Gasteiger partial charge on any atom is 0.243 e. The summed E-state index contributed by atoms with van der Waals surface area (Å²) in [5, 5.41) is 8.99. The maximum atomic E-state index is 13.5. The van der Waals surface area contributed by atoms with Gasteiger partial charge in [0.1, 0.15) is 10.8 Å². The molecule has 1 aromatic carbocycles. The van der Waals surface area contributed by atoms with Crippen LogP contribution >= 0.6 is 12.2 Å². The van der Waals surface area contributed by atoms with Gasteiger partial charge in [-0.2, -0.15) is 4.31 Å². The average molecular weight is 336 g/mol. The van der Waals surface area contributed by atoms with Crippen molar-refractivity contribution in [2.24, 2.45) is 5.73 Å². The average Bonchev–Trinajstić information content (AvgIpc) is 2.43. The number of aliphatic hydroxyl groups is 1. The van der Waals surface area contributed by atoms with E-state index in [1.165, 1.54) is 7.11 Å². The van der Waals surface area contributed by atoms with E-state index >= 15 is 0 Å². The van der Waals surface area contributed by atoms with E-state index in [4.69, 9.17) is 15.6 Å². The Balaban J connectivity index is 3.21. The lowest BCUT2D eigenvalue weighted by atomic mass is 10.2. The van der Waals surface area contributed by atoms with Crippen molar-refractivity contribution in [1.82, 2.24) is 4.31 Å². The van der Waals surface area contributed by atoms with Gasteiger partial charge in [0.15, 0.2) is 0 Å². The van der Waals surface area contributed by atoms with Crippen molar-refractivity contribution in [3.05, 3.63) is 29.6 Å². The predicted molar refractivity (Wildman–Crippen MR) is 80.0 cm³/mol. The van der Waals surface area contributed by atoms with Crippen LogP contribution in [0.2, 0.25) is 0 Å². The Morgan fingerprint density at radius 3 is 2.67 bits per heavy atom. The number of hydrogen-bond acceptors (Lipinski definition) is 5. The van der Waals surface area contributed by atoms with Crippen LogP contribution in [0, 0.1) is 5.82 Å². The number of rotatable bonds is 8. The molecule has 0 spiro atoms. The molecule has 21 heavy (non-hydrogen) atoms. The number of ether oxygens (including phenoxy) is 1. The van der Waals surface area contributed by atoms with Crippen LogP contribution < -0.4 is 5.73 Å². The molecule has 0 fully saturated rings. The van der Waals surface area contributed by atoms with Crippen molar-refractivity contribution in [3.8, 4) is 0 Å². The van der Waals surface area contributed by atoms with Crippen molar-refractivity contribution in [2.45, 2.75) is 4.90 Å². The van der Waals surface area contributed by atoms with E-state index in [0.717, 1.165) is 22.5 Å². The van der Waals surface area contributed by atoms with Gasteiger partial charge in [0.25, 0.3) is 0 Å². The Bertz CT molecular complexity index is 607. The number of thiocarbonyl (C=S) groups is 1. The smallest absolute Gasteiger partial charge is 0.243 e. The van der Waals surface area contributed by atoms with Crippen LogP contribution in [0.15, 0.2) is 23.1 Å². The van der Waals surface area contributed by atoms with Gasteiger partial charge in [0.05, 0.1) is 18.1 Å². The van der Waals surface area contributed by atoms with Gasteiger partial charge >= 0.3 is 0 Å². The highest BCUT2D eigenvalue weighted by molar-refractivity contribution is 7.89. The quantitative estimate of drug-likeness (QED) is 0.654. The fourth-order valence-electron chi connectivity index (χ4n) is 1.66. The molecule has 3 N–H and O–H groups in total. The van der Waals surface area contributed by atoms with Crippen molar-refractivity contribution >= 4 is 27.2 Å². The SMILES string of the molecule is COCCN(CCO)S(=O)(=O)c1ccc(F)c(C(N)=S)c1. The molecule has 1 rings (SSSR count). The molecule has 0 aliphatic heterocycles. The van der Waals surface area contributed by atoms with Crippen molar-refractivity contribution in [1.29, 1.82) is 0 Å². The summed E-state index contributed by atoms with van der Waals surface area (Å²) in [6.07, 6.45) is 0. The summed E-state index contributed by atoms with van der Waals surface area (Å²) < 4.78 is 44.3. The zero-order valence-corrected chi connectivity index (χ0v) is 13.1. The molecule has 0 saturated carbocycles. The minimum absolute atomic E-state index is 0.0686. The van der Waals surface area contributed by atoms with E-state index < -0.39 is 15.8 Å². The zero-order chi connectivity index (χ0) is 16.0. The number of hydrogen-bond donors (Lipinski definition) is 2. The number of methoxy groups -OCH3 is 1. The number of sulfonamides is 1. The molecule has 0 radical (unpaired) electrons. The second-order valence-electron chi connectivity index (χ2n) is 4.13.